The molecule has 0 bridgehead atoms. The van der Waals surface area contributed by atoms with Crippen LogP contribution in [0.4, 0.5) is 0 Å². The zero-order chi connectivity index (χ0) is 12.7. The van der Waals surface area contributed by atoms with Crippen LogP contribution in [-0.2, 0) is 6.54 Å². The highest BCUT2D eigenvalue weighted by atomic mass is 16.2. The Morgan fingerprint density at radius 3 is 3.06 bits per heavy atom. The molecule has 0 atom stereocenters. The molecule has 1 heterocycles. The van der Waals surface area contributed by atoms with Gasteiger partial charge in [-0.3, -0.25) is 9.48 Å². The van der Waals surface area contributed by atoms with Crippen molar-refractivity contribution in [1.29, 1.82) is 5.26 Å². The molecule has 2 N–H and O–H groups in total. The molecular weight excluding hydrogens is 220 g/mol. The molecule has 1 amide bonds. The fourth-order valence-electron chi connectivity index (χ4n) is 1.39. The van der Waals surface area contributed by atoms with E-state index in [4.69, 9.17) is 11.0 Å². The predicted molar refractivity (Wildman–Crippen MR) is 60.9 cm³/mol. The van der Waals surface area contributed by atoms with E-state index in [0.717, 1.165) is 0 Å². The quantitative estimate of drug-likeness (QED) is 0.725. The van der Waals surface area contributed by atoms with Crippen molar-refractivity contribution in [2.24, 2.45) is 5.73 Å². The van der Waals surface area contributed by atoms with Gasteiger partial charge in [-0.25, -0.2) is 0 Å². The van der Waals surface area contributed by atoms with Crippen LogP contribution in [0.3, 0.4) is 0 Å². The van der Waals surface area contributed by atoms with Crippen molar-refractivity contribution in [2.45, 2.75) is 19.9 Å². The number of nitrogens with zero attached hydrogens (tertiary/aromatic N) is 5. The Balaban J connectivity index is 2.69. The van der Waals surface area contributed by atoms with E-state index in [0.29, 0.717) is 38.3 Å². The normalized spacial score (nSPS) is 9.94. The number of hydrogen-bond donors (Lipinski definition) is 1. The lowest BCUT2D eigenvalue weighted by Crippen LogP contribution is -2.31. The fourth-order valence-corrected chi connectivity index (χ4v) is 1.39. The van der Waals surface area contributed by atoms with Gasteiger partial charge in [-0.05, 0) is 6.92 Å². The molecule has 0 unspecified atom stereocenters. The van der Waals surface area contributed by atoms with E-state index in [2.05, 4.69) is 10.3 Å². The number of rotatable bonds is 6. The first-order valence-electron chi connectivity index (χ1n) is 5.49. The number of nitriles is 1. The lowest BCUT2D eigenvalue weighted by atomic mass is 10.3. The number of aromatic nitrogens is 3. The van der Waals surface area contributed by atoms with Gasteiger partial charge in [0.05, 0.1) is 25.2 Å². The van der Waals surface area contributed by atoms with Crippen LogP contribution in [0.15, 0.2) is 6.20 Å². The van der Waals surface area contributed by atoms with E-state index >= 15 is 0 Å². The molecule has 0 aliphatic carbocycles. The van der Waals surface area contributed by atoms with Crippen LogP contribution in [0.2, 0.25) is 0 Å². The van der Waals surface area contributed by atoms with Crippen molar-refractivity contribution in [2.75, 3.05) is 19.6 Å². The predicted octanol–water partition coefficient (Wildman–Crippen LogP) is -0.387. The van der Waals surface area contributed by atoms with Gasteiger partial charge < -0.3 is 10.6 Å². The first-order valence-corrected chi connectivity index (χ1v) is 5.49. The van der Waals surface area contributed by atoms with E-state index in [1.54, 1.807) is 11.1 Å². The second-order valence-corrected chi connectivity index (χ2v) is 3.45. The van der Waals surface area contributed by atoms with Gasteiger partial charge in [-0.15, -0.1) is 5.10 Å². The molecule has 0 radical (unpaired) electrons. The van der Waals surface area contributed by atoms with Gasteiger partial charge in [0.2, 0.25) is 0 Å². The largest absolute Gasteiger partial charge is 0.336 e. The highest BCUT2D eigenvalue weighted by Crippen LogP contribution is 2.01. The number of carbonyl (C=O) groups excluding carboxylic acids is 1. The average molecular weight is 236 g/mol. The van der Waals surface area contributed by atoms with Crippen LogP contribution >= 0.6 is 0 Å². The Morgan fingerprint density at radius 1 is 1.71 bits per heavy atom. The van der Waals surface area contributed by atoms with E-state index < -0.39 is 0 Å². The molecular formula is C10H16N6O. The summed E-state index contributed by atoms with van der Waals surface area (Å²) in [5.74, 6) is -0.203. The first-order chi connectivity index (χ1) is 8.22. The van der Waals surface area contributed by atoms with E-state index in [1.165, 1.54) is 4.68 Å². The number of nitrogens with two attached hydrogens (primary N) is 1. The van der Waals surface area contributed by atoms with Crippen LogP contribution in [-0.4, -0.2) is 45.4 Å². The lowest BCUT2D eigenvalue weighted by molar-refractivity contribution is 0.0762. The minimum atomic E-state index is -0.203. The first kappa shape index (κ1) is 13.1. The van der Waals surface area contributed by atoms with Crippen molar-refractivity contribution in [1.82, 2.24) is 19.9 Å². The second-order valence-electron chi connectivity index (χ2n) is 3.45. The summed E-state index contributed by atoms with van der Waals surface area (Å²) in [7, 11) is 0. The van der Waals surface area contributed by atoms with Gasteiger partial charge in [-0.2, -0.15) is 5.26 Å². The summed E-state index contributed by atoms with van der Waals surface area (Å²) in [5, 5.41) is 16.1. The van der Waals surface area contributed by atoms with Crippen LogP contribution in [0.5, 0.6) is 0 Å². The van der Waals surface area contributed by atoms with Gasteiger partial charge in [0, 0.05) is 19.6 Å². The Labute approximate surface area is 99.8 Å². The maximum atomic E-state index is 12.0. The molecule has 0 aromatic carbocycles. The Morgan fingerprint density at radius 2 is 2.47 bits per heavy atom. The number of amides is 1. The molecule has 0 fully saturated rings. The van der Waals surface area contributed by atoms with Crippen LogP contribution < -0.4 is 5.73 Å². The molecule has 0 spiro atoms. The van der Waals surface area contributed by atoms with Gasteiger partial charge in [0.25, 0.3) is 5.91 Å². The van der Waals surface area contributed by atoms with Gasteiger partial charge in [-0.1, -0.05) is 5.21 Å². The summed E-state index contributed by atoms with van der Waals surface area (Å²) in [6, 6.07) is 2.01. The van der Waals surface area contributed by atoms with E-state index in [9.17, 15) is 4.79 Å². The maximum absolute atomic E-state index is 12.0. The SMILES string of the molecule is CCN(CCC#N)C(=O)c1cn(CCN)nn1. The Bertz CT molecular complexity index is 407. The molecule has 17 heavy (non-hydrogen) atoms. The molecule has 7 heteroatoms. The van der Waals surface area contributed by atoms with Crippen LogP contribution in [0, 0.1) is 11.3 Å². The molecule has 0 saturated carbocycles. The Kier molecular flexibility index (Phi) is 5.10. The summed E-state index contributed by atoms with van der Waals surface area (Å²) in [6.07, 6.45) is 1.89. The molecule has 1 aromatic heterocycles. The van der Waals surface area contributed by atoms with Crippen molar-refractivity contribution in [3.63, 3.8) is 0 Å². The third-order valence-electron chi connectivity index (χ3n) is 2.28. The topological polar surface area (TPSA) is 101 Å². The van der Waals surface area contributed by atoms with Crippen LogP contribution in [0.1, 0.15) is 23.8 Å². The molecule has 1 rings (SSSR count). The van der Waals surface area contributed by atoms with E-state index in [-0.39, 0.29) is 5.91 Å². The standard InChI is InChI=1S/C10H16N6O/c1-2-15(6-3-4-11)10(17)9-8-16(7-5-12)14-13-9/h8H,2-3,5-7,12H2,1H3. The minimum Gasteiger partial charge on any atom is -0.336 e. The fraction of sp³-hybridized carbons (Fsp3) is 0.600. The molecule has 7 nitrogen and oxygen atoms in total. The summed E-state index contributed by atoms with van der Waals surface area (Å²) in [4.78, 5) is 13.5. The highest BCUT2D eigenvalue weighted by Gasteiger charge is 2.17. The van der Waals surface area contributed by atoms with Crippen molar-refractivity contribution >= 4 is 5.91 Å². The monoisotopic (exact) mass is 236 g/mol. The van der Waals surface area contributed by atoms with E-state index in [1.807, 2.05) is 13.0 Å². The molecule has 1 aromatic rings. The summed E-state index contributed by atoms with van der Waals surface area (Å²) >= 11 is 0. The van der Waals surface area contributed by atoms with Gasteiger partial charge in [0.1, 0.15) is 0 Å². The summed E-state index contributed by atoms with van der Waals surface area (Å²) in [5.41, 5.74) is 5.67. The average Bonchev–Trinajstić information content (AvgIpc) is 2.79. The molecule has 92 valence electrons. The summed E-state index contributed by atoms with van der Waals surface area (Å²) < 4.78 is 1.53. The lowest BCUT2D eigenvalue weighted by Gasteiger charge is -2.17. The third-order valence-corrected chi connectivity index (χ3v) is 2.28. The zero-order valence-corrected chi connectivity index (χ0v) is 9.83. The number of carbonyl (C=O) groups is 1. The Hall–Kier alpha value is -1.94. The maximum Gasteiger partial charge on any atom is 0.276 e. The van der Waals surface area contributed by atoms with Crippen LogP contribution in [0.25, 0.3) is 0 Å². The van der Waals surface area contributed by atoms with Crippen molar-refractivity contribution < 1.29 is 4.79 Å². The molecule has 0 aliphatic rings. The zero-order valence-electron chi connectivity index (χ0n) is 9.83. The van der Waals surface area contributed by atoms with Crippen molar-refractivity contribution in [3.8, 4) is 6.07 Å². The smallest absolute Gasteiger partial charge is 0.276 e. The van der Waals surface area contributed by atoms with Gasteiger partial charge >= 0.3 is 0 Å². The third kappa shape index (κ3) is 3.53. The number of hydrogen-bond acceptors (Lipinski definition) is 5. The summed E-state index contributed by atoms with van der Waals surface area (Å²) in [6.45, 7) is 3.80. The minimum absolute atomic E-state index is 0.203. The highest BCUT2D eigenvalue weighted by molar-refractivity contribution is 5.91. The van der Waals surface area contributed by atoms with Crippen molar-refractivity contribution in [3.05, 3.63) is 11.9 Å². The second kappa shape index (κ2) is 6.60. The molecule has 0 saturated heterocycles. The van der Waals surface area contributed by atoms with Gasteiger partial charge in [0.15, 0.2) is 5.69 Å². The molecule has 0 aliphatic heterocycles.